The van der Waals surface area contributed by atoms with Crippen LogP contribution in [0.5, 0.6) is 0 Å². The highest BCUT2D eigenvalue weighted by Gasteiger charge is 2.35. The van der Waals surface area contributed by atoms with Crippen LogP contribution in [-0.2, 0) is 25.7 Å². The van der Waals surface area contributed by atoms with E-state index in [4.69, 9.17) is 9.47 Å². The van der Waals surface area contributed by atoms with E-state index in [0.29, 0.717) is 13.1 Å². The standard InChI is InChI=1S/C20H28N2O4/c1-15-11-22(12-16(2)26-15)19(23)13-21-10-6-9-18(21)20(24)25-14-17-7-4-3-5-8-17/h3-5,7-8,15-16,18H,6,9-14H2,1-2H3. The molecule has 2 saturated heterocycles. The number of benzene rings is 1. The van der Waals surface area contributed by atoms with Gasteiger partial charge in [-0.1, -0.05) is 30.3 Å². The summed E-state index contributed by atoms with van der Waals surface area (Å²) in [5, 5.41) is 0. The Hall–Kier alpha value is -1.92. The third-order valence-corrected chi connectivity index (χ3v) is 4.97. The monoisotopic (exact) mass is 360 g/mol. The highest BCUT2D eigenvalue weighted by Crippen LogP contribution is 2.20. The first-order valence-electron chi connectivity index (χ1n) is 9.41. The molecular weight excluding hydrogens is 332 g/mol. The number of ether oxygens (including phenoxy) is 2. The molecule has 26 heavy (non-hydrogen) atoms. The molecule has 0 spiro atoms. The lowest BCUT2D eigenvalue weighted by molar-refractivity contribution is -0.152. The molecule has 3 unspecified atom stereocenters. The van der Waals surface area contributed by atoms with Crippen molar-refractivity contribution in [1.82, 2.24) is 9.80 Å². The molecule has 1 aromatic rings. The summed E-state index contributed by atoms with van der Waals surface area (Å²) in [6.07, 6.45) is 1.76. The fourth-order valence-corrected chi connectivity index (χ4v) is 3.76. The van der Waals surface area contributed by atoms with Crippen molar-refractivity contribution in [2.75, 3.05) is 26.2 Å². The molecule has 1 aromatic carbocycles. The zero-order valence-corrected chi connectivity index (χ0v) is 15.6. The van der Waals surface area contributed by atoms with Crippen molar-refractivity contribution in [2.24, 2.45) is 0 Å². The van der Waals surface area contributed by atoms with Crippen LogP contribution < -0.4 is 0 Å². The Kier molecular flexibility index (Phi) is 6.27. The van der Waals surface area contributed by atoms with Crippen molar-refractivity contribution in [2.45, 2.75) is 51.5 Å². The molecule has 3 rings (SSSR count). The van der Waals surface area contributed by atoms with Crippen LogP contribution in [0.2, 0.25) is 0 Å². The predicted octanol–water partition coefficient (Wildman–Crippen LogP) is 1.83. The highest BCUT2D eigenvalue weighted by atomic mass is 16.5. The van der Waals surface area contributed by atoms with Crippen molar-refractivity contribution in [3.05, 3.63) is 35.9 Å². The first-order valence-corrected chi connectivity index (χ1v) is 9.41. The molecule has 2 aliphatic heterocycles. The minimum Gasteiger partial charge on any atom is -0.460 e. The molecule has 3 atom stereocenters. The van der Waals surface area contributed by atoms with E-state index >= 15 is 0 Å². The summed E-state index contributed by atoms with van der Waals surface area (Å²) in [6, 6.07) is 9.33. The minimum atomic E-state index is -0.321. The van der Waals surface area contributed by atoms with E-state index in [1.807, 2.05) is 54.0 Å². The Balaban J connectivity index is 1.52. The van der Waals surface area contributed by atoms with Gasteiger partial charge < -0.3 is 14.4 Å². The maximum absolute atomic E-state index is 12.7. The molecule has 6 heteroatoms. The van der Waals surface area contributed by atoms with Crippen LogP contribution >= 0.6 is 0 Å². The number of hydrogen-bond donors (Lipinski definition) is 0. The molecule has 1 amide bonds. The van der Waals surface area contributed by atoms with E-state index in [9.17, 15) is 9.59 Å². The normalized spacial score (nSPS) is 26.7. The van der Waals surface area contributed by atoms with Crippen molar-refractivity contribution in [3.8, 4) is 0 Å². The smallest absolute Gasteiger partial charge is 0.323 e. The summed E-state index contributed by atoms with van der Waals surface area (Å²) < 4.78 is 11.2. The Morgan fingerprint density at radius 2 is 1.85 bits per heavy atom. The van der Waals surface area contributed by atoms with Crippen molar-refractivity contribution >= 4 is 11.9 Å². The van der Waals surface area contributed by atoms with Gasteiger partial charge in [-0.2, -0.15) is 0 Å². The topological polar surface area (TPSA) is 59.1 Å². The molecule has 0 aromatic heterocycles. The Labute approximate surface area is 155 Å². The second-order valence-electron chi connectivity index (χ2n) is 7.28. The van der Waals surface area contributed by atoms with Crippen LogP contribution in [0.15, 0.2) is 30.3 Å². The number of esters is 1. The van der Waals surface area contributed by atoms with Crippen molar-refractivity contribution < 1.29 is 19.1 Å². The first-order chi connectivity index (χ1) is 12.5. The fraction of sp³-hybridized carbons (Fsp3) is 0.600. The van der Waals surface area contributed by atoms with Gasteiger partial charge in [0.15, 0.2) is 0 Å². The minimum absolute atomic E-state index is 0.0490. The average Bonchev–Trinajstić information content (AvgIpc) is 3.08. The highest BCUT2D eigenvalue weighted by molar-refractivity contribution is 5.81. The number of nitrogens with zero attached hydrogens (tertiary/aromatic N) is 2. The largest absolute Gasteiger partial charge is 0.460 e. The molecule has 0 aliphatic carbocycles. The number of hydrogen-bond acceptors (Lipinski definition) is 5. The van der Waals surface area contributed by atoms with Gasteiger partial charge in [0.25, 0.3) is 0 Å². The number of rotatable bonds is 5. The van der Waals surface area contributed by atoms with Crippen LogP contribution in [0, 0.1) is 0 Å². The van der Waals surface area contributed by atoms with E-state index in [1.165, 1.54) is 0 Å². The SMILES string of the molecule is CC1CN(C(=O)CN2CCCC2C(=O)OCc2ccccc2)CC(C)O1. The summed E-state index contributed by atoms with van der Waals surface area (Å²) in [7, 11) is 0. The van der Waals surface area contributed by atoms with Gasteiger partial charge in [-0.3, -0.25) is 14.5 Å². The molecule has 2 heterocycles. The molecular formula is C20H28N2O4. The number of carbonyl (C=O) groups excluding carboxylic acids is 2. The molecule has 0 saturated carbocycles. The summed E-state index contributed by atoms with van der Waals surface area (Å²) >= 11 is 0. The Morgan fingerprint density at radius 1 is 1.15 bits per heavy atom. The Bertz CT molecular complexity index is 611. The van der Waals surface area contributed by atoms with Gasteiger partial charge in [0.05, 0.1) is 18.8 Å². The van der Waals surface area contributed by atoms with Crippen LogP contribution in [0.3, 0.4) is 0 Å². The molecule has 2 aliphatic rings. The van der Waals surface area contributed by atoms with Gasteiger partial charge in [0.2, 0.25) is 5.91 Å². The van der Waals surface area contributed by atoms with E-state index in [-0.39, 0.29) is 43.3 Å². The van der Waals surface area contributed by atoms with Crippen LogP contribution in [0.4, 0.5) is 0 Å². The maximum Gasteiger partial charge on any atom is 0.323 e. The van der Waals surface area contributed by atoms with Gasteiger partial charge in [-0.15, -0.1) is 0 Å². The zero-order chi connectivity index (χ0) is 18.5. The van der Waals surface area contributed by atoms with Gasteiger partial charge in [0.1, 0.15) is 12.6 Å². The molecule has 142 valence electrons. The molecule has 0 radical (unpaired) electrons. The van der Waals surface area contributed by atoms with E-state index in [0.717, 1.165) is 24.9 Å². The molecule has 6 nitrogen and oxygen atoms in total. The lowest BCUT2D eigenvalue weighted by atomic mass is 10.2. The number of carbonyl (C=O) groups is 2. The van der Waals surface area contributed by atoms with E-state index in [2.05, 4.69) is 0 Å². The second-order valence-corrected chi connectivity index (χ2v) is 7.28. The third kappa shape index (κ3) is 4.83. The lowest BCUT2D eigenvalue weighted by Crippen LogP contribution is -2.52. The Morgan fingerprint density at radius 3 is 2.54 bits per heavy atom. The number of likely N-dealkylation sites (tertiary alicyclic amines) is 1. The second kappa shape index (κ2) is 8.64. The van der Waals surface area contributed by atoms with Crippen molar-refractivity contribution in [3.63, 3.8) is 0 Å². The number of morpholine rings is 1. The maximum atomic E-state index is 12.7. The van der Waals surface area contributed by atoms with Crippen LogP contribution in [0.1, 0.15) is 32.3 Å². The van der Waals surface area contributed by atoms with Gasteiger partial charge >= 0.3 is 5.97 Å². The van der Waals surface area contributed by atoms with Crippen LogP contribution in [-0.4, -0.2) is 66.1 Å². The quantitative estimate of drug-likeness (QED) is 0.750. The first kappa shape index (κ1) is 18.9. The van der Waals surface area contributed by atoms with Gasteiger partial charge in [0, 0.05) is 13.1 Å². The van der Waals surface area contributed by atoms with E-state index in [1.54, 1.807) is 0 Å². The fourth-order valence-electron chi connectivity index (χ4n) is 3.76. The average molecular weight is 360 g/mol. The molecule has 0 N–H and O–H groups in total. The summed E-state index contributed by atoms with van der Waals surface area (Å²) in [4.78, 5) is 29.0. The van der Waals surface area contributed by atoms with E-state index < -0.39 is 0 Å². The predicted molar refractivity (Wildman–Crippen MR) is 97.4 cm³/mol. The third-order valence-electron chi connectivity index (χ3n) is 4.97. The van der Waals surface area contributed by atoms with Gasteiger partial charge in [-0.25, -0.2) is 0 Å². The summed E-state index contributed by atoms with van der Waals surface area (Å²) in [5.41, 5.74) is 0.970. The summed E-state index contributed by atoms with van der Waals surface area (Å²) in [5.74, 6) is -0.169. The zero-order valence-electron chi connectivity index (χ0n) is 15.6. The lowest BCUT2D eigenvalue weighted by Gasteiger charge is -2.36. The molecule has 0 bridgehead atoms. The van der Waals surface area contributed by atoms with Crippen molar-refractivity contribution in [1.29, 1.82) is 0 Å². The van der Waals surface area contributed by atoms with Gasteiger partial charge in [-0.05, 0) is 38.8 Å². The van der Waals surface area contributed by atoms with Crippen LogP contribution in [0.25, 0.3) is 0 Å². The molecule has 2 fully saturated rings. The summed E-state index contributed by atoms with van der Waals surface area (Å²) in [6.45, 7) is 6.48. The number of amides is 1.